The quantitative estimate of drug-likeness (QED) is 0.894. The highest BCUT2D eigenvalue weighted by Gasteiger charge is 2.32. The molecule has 0 radical (unpaired) electrons. The molecule has 1 N–H and O–H groups in total. The molecule has 1 aromatic rings. The number of ketones is 1. The number of halogens is 2. The molecule has 1 amide bonds. The van der Waals surface area contributed by atoms with E-state index in [4.69, 9.17) is 0 Å². The van der Waals surface area contributed by atoms with Crippen molar-refractivity contribution in [3.63, 3.8) is 0 Å². The summed E-state index contributed by atoms with van der Waals surface area (Å²) in [5.41, 5.74) is -0.233. The fourth-order valence-corrected chi connectivity index (χ4v) is 3.14. The molecule has 0 unspecified atom stereocenters. The summed E-state index contributed by atoms with van der Waals surface area (Å²) < 4.78 is 26.7. The number of carbonyl (C=O) groups is 2. The molecule has 5 heteroatoms. The van der Waals surface area contributed by atoms with Crippen molar-refractivity contribution >= 4 is 11.7 Å². The summed E-state index contributed by atoms with van der Waals surface area (Å²) >= 11 is 0. The molecule has 3 nitrogen and oxygen atoms in total. The predicted molar refractivity (Wildman–Crippen MR) is 84.0 cm³/mol. The normalized spacial score (nSPS) is 17.1. The van der Waals surface area contributed by atoms with Crippen LogP contribution in [0, 0.1) is 23.5 Å². The van der Waals surface area contributed by atoms with Crippen LogP contribution in [0.25, 0.3) is 0 Å². The molecule has 1 atom stereocenters. The Morgan fingerprint density at radius 2 is 1.78 bits per heavy atom. The van der Waals surface area contributed by atoms with Gasteiger partial charge >= 0.3 is 0 Å². The second-order valence-electron chi connectivity index (χ2n) is 6.53. The van der Waals surface area contributed by atoms with Crippen LogP contribution in [-0.4, -0.2) is 17.7 Å². The minimum Gasteiger partial charge on any atom is -0.342 e. The topological polar surface area (TPSA) is 46.2 Å². The van der Waals surface area contributed by atoms with Gasteiger partial charge in [0.05, 0.1) is 11.6 Å². The van der Waals surface area contributed by atoms with Gasteiger partial charge in [-0.3, -0.25) is 9.59 Å². The second-order valence-corrected chi connectivity index (χ2v) is 6.53. The van der Waals surface area contributed by atoms with Gasteiger partial charge in [-0.25, -0.2) is 8.78 Å². The van der Waals surface area contributed by atoms with Gasteiger partial charge in [0, 0.05) is 12.0 Å². The van der Waals surface area contributed by atoms with E-state index < -0.39 is 23.6 Å². The maximum absolute atomic E-state index is 13.8. The zero-order chi connectivity index (χ0) is 17.0. The Hall–Kier alpha value is -1.78. The number of hydrogen-bond acceptors (Lipinski definition) is 2. The zero-order valence-electron chi connectivity index (χ0n) is 13.6. The highest BCUT2D eigenvalue weighted by atomic mass is 19.1. The van der Waals surface area contributed by atoms with Gasteiger partial charge in [0.1, 0.15) is 11.6 Å². The molecule has 1 aliphatic rings. The zero-order valence-corrected chi connectivity index (χ0v) is 13.6. The monoisotopic (exact) mass is 323 g/mol. The van der Waals surface area contributed by atoms with Crippen molar-refractivity contribution in [1.82, 2.24) is 5.32 Å². The molecule has 0 spiro atoms. The number of rotatable bonds is 5. The molecular formula is C18H23F2NO2. The minimum absolute atomic E-state index is 0.0345. The van der Waals surface area contributed by atoms with Crippen LogP contribution in [0.4, 0.5) is 8.78 Å². The van der Waals surface area contributed by atoms with Gasteiger partial charge in [-0.2, -0.15) is 0 Å². The van der Waals surface area contributed by atoms with Crippen molar-refractivity contribution in [2.45, 2.75) is 52.0 Å². The Bertz CT molecular complexity index is 580. The van der Waals surface area contributed by atoms with E-state index in [9.17, 15) is 18.4 Å². The molecule has 0 aliphatic heterocycles. The van der Waals surface area contributed by atoms with E-state index in [2.05, 4.69) is 5.32 Å². The first kappa shape index (κ1) is 17.6. The first-order chi connectivity index (χ1) is 10.9. The van der Waals surface area contributed by atoms with Crippen LogP contribution in [0.2, 0.25) is 0 Å². The summed E-state index contributed by atoms with van der Waals surface area (Å²) in [4.78, 5) is 24.8. The molecule has 0 bridgehead atoms. The van der Waals surface area contributed by atoms with Crippen LogP contribution >= 0.6 is 0 Å². The minimum atomic E-state index is -0.915. The van der Waals surface area contributed by atoms with E-state index in [0.717, 1.165) is 44.2 Å². The molecule has 1 aliphatic carbocycles. The van der Waals surface area contributed by atoms with Crippen LogP contribution in [0.3, 0.4) is 0 Å². The van der Waals surface area contributed by atoms with Crippen LogP contribution in [0.1, 0.15) is 56.3 Å². The summed E-state index contributed by atoms with van der Waals surface area (Å²) in [5.74, 6) is -2.46. The molecule has 0 heterocycles. The third-order valence-electron chi connectivity index (χ3n) is 4.46. The lowest BCUT2D eigenvalue weighted by Gasteiger charge is -2.31. The largest absolute Gasteiger partial charge is 0.342 e. The van der Waals surface area contributed by atoms with Crippen molar-refractivity contribution in [2.75, 3.05) is 0 Å². The summed E-state index contributed by atoms with van der Waals surface area (Å²) in [6.07, 6.45) is 4.98. The van der Waals surface area contributed by atoms with Crippen molar-refractivity contribution in [3.05, 3.63) is 35.4 Å². The van der Waals surface area contributed by atoms with Crippen LogP contribution in [0.15, 0.2) is 18.2 Å². The highest BCUT2D eigenvalue weighted by Crippen LogP contribution is 2.28. The Kier molecular flexibility index (Phi) is 5.85. The average Bonchev–Trinajstić information content (AvgIpc) is 2.52. The summed E-state index contributed by atoms with van der Waals surface area (Å²) in [6.45, 7) is 3.59. The van der Waals surface area contributed by atoms with Crippen molar-refractivity contribution in [2.24, 2.45) is 11.8 Å². The van der Waals surface area contributed by atoms with Gasteiger partial charge in [-0.1, -0.05) is 33.1 Å². The second kappa shape index (κ2) is 7.66. The van der Waals surface area contributed by atoms with E-state index in [-0.39, 0.29) is 23.2 Å². The Morgan fingerprint density at radius 1 is 1.13 bits per heavy atom. The fourth-order valence-electron chi connectivity index (χ4n) is 3.14. The molecule has 126 valence electrons. The summed E-state index contributed by atoms with van der Waals surface area (Å²) in [5, 5.41) is 2.69. The molecular weight excluding hydrogens is 300 g/mol. The maximum atomic E-state index is 13.8. The standard InChI is InChI=1S/C18H23F2NO2/c1-11(2)17(22)16(12-6-4-3-5-7-12)21-18(23)14-9-8-13(19)10-15(14)20/h8-12,16H,3-7H2,1-2H3,(H,21,23)/t16-/m1/s1. The highest BCUT2D eigenvalue weighted by molar-refractivity contribution is 5.98. The predicted octanol–water partition coefficient (Wildman–Crippen LogP) is 3.87. The summed E-state index contributed by atoms with van der Waals surface area (Å²) in [6, 6.07) is 2.22. The molecule has 1 fully saturated rings. The molecule has 1 saturated carbocycles. The van der Waals surface area contributed by atoms with Gasteiger partial charge in [-0.05, 0) is 30.9 Å². The van der Waals surface area contributed by atoms with Gasteiger partial charge in [-0.15, -0.1) is 0 Å². The first-order valence-electron chi connectivity index (χ1n) is 8.19. The van der Waals surface area contributed by atoms with Crippen molar-refractivity contribution < 1.29 is 18.4 Å². The molecule has 2 rings (SSSR count). The first-order valence-corrected chi connectivity index (χ1v) is 8.19. The van der Waals surface area contributed by atoms with Gasteiger partial charge in [0.15, 0.2) is 5.78 Å². The third kappa shape index (κ3) is 4.36. The smallest absolute Gasteiger partial charge is 0.254 e. The lowest BCUT2D eigenvalue weighted by atomic mass is 9.80. The van der Waals surface area contributed by atoms with E-state index in [1.807, 2.05) is 0 Å². The number of nitrogens with one attached hydrogen (secondary N) is 1. The third-order valence-corrected chi connectivity index (χ3v) is 4.46. The van der Waals surface area contributed by atoms with Gasteiger partial charge in [0.2, 0.25) is 0 Å². The molecule has 0 aromatic heterocycles. The van der Waals surface area contributed by atoms with E-state index >= 15 is 0 Å². The number of Topliss-reactive ketones (excluding diaryl/α,β-unsaturated/α-hetero) is 1. The summed E-state index contributed by atoms with van der Waals surface area (Å²) in [7, 11) is 0. The molecule has 23 heavy (non-hydrogen) atoms. The lowest BCUT2D eigenvalue weighted by molar-refractivity contribution is -0.125. The molecule has 1 aromatic carbocycles. The number of benzene rings is 1. The Morgan fingerprint density at radius 3 is 2.35 bits per heavy atom. The van der Waals surface area contributed by atoms with E-state index in [1.54, 1.807) is 13.8 Å². The Balaban J connectivity index is 2.18. The van der Waals surface area contributed by atoms with Crippen molar-refractivity contribution in [1.29, 1.82) is 0 Å². The number of amides is 1. The van der Waals surface area contributed by atoms with E-state index in [0.29, 0.717) is 6.07 Å². The average molecular weight is 323 g/mol. The lowest BCUT2D eigenvalue weighted by Crippen LogP contribution is -2.48. The Labute approximate surface area is 135 Å². The van der Waals surface area contributed by atoms with Crippen LogP contribution < -0.4 is 5.32 Å². The van der Waals surface area contributed by atoms with Gasteiger partial charge in [0.25, 0.3) is 5.91 Å². The van der Waals surface area contributed by atoms with Crippen molar-refractivity contribution in [3.8, 4) is 0 Å². The maximum Gasteiger partial charge on any atom is 0.254 e. The van der Waals surface area contributed by atoms with E-state index in [1.165, 1.54) is 0 Å². The van der Waals surface area contributed by atoms with Crippen LogP contribution in [0.5, 0.6) is 0 Å². The van der Waals surface area contributed by atoms with Crippen LogP contribution in [-0.2, 0) is 4.79 Å². The molecule has 0 saturated heterocycles. The number of hydrogen-bond donors (Lipinski definition) is 1. The fraction of sp³-hybridized carbons (Fsp3) is 0.556. The SMILES string of the molecule is CC(C)C(=O)[C@H](NC(=O)c1ccc(F)cc1F)C1CCCCC1. The van der Waals surface area contributed by atoms with Gasteiger partial charge < -0.3 is 5.32 Å². The number of carbonyl (C=O) groups excluding carboxylic acids is 2.